The van der Waals surface area contributed by atoms with Gasteiger partial charge in [-0.15, -0.1) is 0 Å². The Morgan fingerprint density at radius 1 is 1.05 bits per heavy atom. The zero-order valence-electron chi connectivity index (χ0n) is 24.3. The second kappa shape index (κ2) is 13.8. The van der Waals surface area contributed by atoms with Gasteiger partial charge in [0.05, 0.1) is 25.9 Å². The quantitative estimate of drug-likeness (QED) is 0.499. The number of ether oxygens (including phenoxy) is 2. The van der Waals surface area contributed by atoms with E-state index in [1.165, 1.54) is 4.90 Å². The maximum absolute atomic E-state index is 13.1. The van der Waals surface area contributed by atoms with Crippen molar-refractivity contribution in [3.8, 4) is 0 Å². The van der Waals surface area contributed by atoms with E-state index in [2.05, 4.69) is 5.32 Å². The van der Waals surface area contributed by atoms with Crippen LogP contribution in [-0.2, 0) is 20.7 Å². The van der Waals surface area contributed by atoms with Crippen LogP contribution in [0, 0.1) is 0 Å². The molecule has 2 atom stereocenters. The molecule has 2 aliphatic rings. The molecular formula is C31H42N4O6. The molecule has 2 aromatic carbocycles. The third-order valence-electron chi connectivity index (χ3n) is 7.20. The predicted octanol–water partition coefficient (Wildman–Crippen LogP) is 4.05. The molecule has 0 bridgehead atoms. The van der Waals surface area contributed by atoms with Gasteiger partial charge in [-0.25, -0.2) is 9.59 Å². The first-order chi connectivity index (χ1) is 19.6. The van der Waals surface area contributed by atoms with Crippen molar-refractivity contribution >= 4 is 23.7 Å². The first kappa shape index (κ1) is 30.3. The summed E-state index contributed by atoms with van der Waals surface area (Å²) >= 11 is 0. The Hall–Kier alpha value is -3.63. The van der Waals surface area contributed by atoms with Crippen molar-refractivity contribution in [1.29, 1.82) is 0 Å². The minimum Gasteiger partial charge on any atom is -0.444 e. The largest absolute Gasteiger partial charge is 0.444 e. The van der Waals surface area contributed by atoms with Gasteiger partial charge in [0, 0.05) is 31.9 Å². The predicted molar refractivity (Wildman–Crippen MR) is 156 cm³/mol. The maximum atomic E-state index is 13.1. The highest BCUT2D eigenvalue weighted by Crippen LogP contribution is 2.22. The molecule has 0 spiro atoms. The summed E-state index contributed by atoms with van der Waals surface area (Å²) in [6, 6.07) is 16.1. The summed E-state index contributed by atoms with van der Waals surface area (Å²) in [6.07, 6.45) is 0.644. The molecule has 4 amide bonds. The van der Waals surface area contributed by atoms with Crippen LogP contribution in [-0.4, -0.2) is 95.4 Å². The molecule has 0 unspecified atom stereocenters. The summed E-state index contributed by atoms with van der Waals surface area (Å²) in [5.41, 5.74) is 1.69. The van der Waals surface area contributed by atoms with E-state index in [1.807, 2.05) is 75.4 Å². The van der Waals surface area contributed by atoms with Gasteiger partial charge in [-0.3, -0.25) is 4.79 Å². The van der Waals surface area contributed by atoms with Crippen molar-refractivity contribution < 1.29 is 29.0 Å². The lowest BCUT2D eigenvalue weighted by Crippen LogP contribution is -2.52. The summed E-state index contributed by atoms with van der Waals surface area (Å²) in [6.45, 7) is 8.59. The Kier molecular flexibility index (Phi) is 10.2. The maximum Gasteiger partial charge on any atom is 0.410 e. The number of nitrogens with one attached hydrogen (secondary N) is 1. The molecule has 2 N–H and O–H groups in total. The van der Waals surface area contributed by atoms with E-state index in [0.717, 1.165) is 17.5 Å². The normalized spacial score (nSPS) is 18.1. The molecule has 41 heavy (non-hydrogen) atoms. The second-order valence-electron chi connectivity index (χ2n) is 11.5. The van der Waals surface area contributed by atoms with Crippen molar-refractivity contribution in [2.75, 3.05) is 51.3 Å². The number of carbonyl (C=O) groups excluding carboxylic acids is 3. The second-order valence-corrected chi connectivity index (χ2v) is 11.5. The number of amides is 4. The van der Waals surface area contributed by atoms with E-state index in [-0.39, 0.29) is 18.5 Å². The summed E-state index contributed by atoms with van der Waals surface area (Å²) in [4.78, 5) is 43.9. The van der Waals surface area contributed by atoms with Gasteiger partial charge in [-0.05, 0) is 63.3 Å². The molecule has 0 radical (unpaired) electrons. The van der Waals surface area contributed by atoms with Crippen LogP contribution in [0.15, 0.2) is 54.6 Å². The Labute approximate surface area is 242 Å². The highest BCUT2D eigenvalue weighted by Gasteiger charge is 2.36. The van der Waals surface area contributed by atoms with Gasteiger partial charge in [0.2, 0.25) is 5.91 Å². The number of aliphatic hydroxyl groups is 1. The number of likely N-dealkylation sites (tertiary alicyclic amines) is 1. The van der Waals surface area contributed by atoms with Crippen molar-refractivity contribution in [3.63, 3.8) is 0 Å². The van der Waals surface area contributed by atoms with Gasteiger partial charge in [-0.2, -0.15) is 0 Å². The van der Waals surface area contributed by atoms with Crippen LogP contribution in [0.5, 0.6) is 0 Å². The molecule has 2 saturated heterocycles. The van der Waals surface area contributed by atoms with Crippen LogP contribution in [0.1, 0.15) is 50.8 Å². The number of aliphatic hydroxyl groups excluding tert-OH is 1. The lowest BCUT2D eigenvalue weighted by atomic mass is 10.1. The molecule has 2 heterocycles. The monoisotopic (exact) mass is 566 g/mol. The van der Waals surface area contributed by atoms with E-state index in [4.69, 9.17) is 9.47 Å². The fourth-order valence-corrected chi connectivity index (χ4v) is 5.02. The van der Waals surface area contributed by atoms with Gasteiger partial charge in [0.15, 0.2) is 0 Å². The molecule has 0 aromatic heterocycles. The molecule has 10 heteroatoms. The van der Waals surface area contributed by atoms with Crippen LogP contribution in [0.3, 0.4) is 0 Å². The standard InChI is InChI=1S/C31H42N4O6/c1-31(2,3)41-30(39)34(22-27(36)24-8-5-4-6-9-24)17-15-23-11-13-25(14-12-23)32-28(37)26-10-7-16-35(26)29(38)33-18-20-40-21-19-33/h4-6,8-9,11-14,26-27,36H,7,10,15-22H2,1-3H3,(H,32,37)/t26-,27-/m0/s1. The first-order valence-corrected chi connectivity index (χ1v) is 14.3. The topological polar surface area (TPSA) is 112 Å². The van der Waals surface area contributed by atoms with Gasteiger partial charge in [0.25, 0.3) is 0 Å². The van der Waals surface area contributed by atoms with E-state index >= 15 is 0 Å². The van der Waals surface area contributed by atoms with E-state index < -0.39 is 23.8 Å². The minimum absolute atomic E-state index is 0.103. The zero-order valence-corrected chi connectivity index (χ0v) is 24.3. The SMILES string of the molecule is CC(C)(C)OC(=O)N(CCc1ccc(NC(=O)[C@@H]2CCCN2C(=O)N2CCOCC2)cc1)C[C@H](O)c1ccccc1. The van der Waals surface area contributed by atoms with Gasteiger partial charge in [-0.1, -0.05) is 42.5 Å². The Morgan fingerprint density at radius 3 is 2.39 bits per heavy atom. The third kappa shape index (κ3) is 8.68. The molecular weight excluding hydrogens is 524 g/mol. The number of nitrogens with zero attached hydrogens (tertiary/aromatic N) is 3. The fraction of sp³-hybridized carbons (Fsp3) is 0.516. The summed E-state index contributed by atoms with van der Waals surface area (Å²) < 4.78 is 10.9. The van der Waals surface area contributed by atoms with Gasteiger partial charge >= 0.3 is 12.1 Å². The van der Waals surface area contributed by atoms with Crippen molar-refractivity contribution in [2.45, 2.75) is 57.8 Å². The molecule has 222 valence electrons. The highest BCUT2D eigenvalue weighted by atomic mass is 16.6. The van der Waals surface area contributed by atoms with Crippen molar-refractivity contribution in [3.05, 3.63) is 65.7 Å². The number of anilines is 1. The van der Waals surface area contributed by atoms with Gasteiger partial charge in [0.1, 0.15) is 11.6 Å². The number of carbonyl (C=O) groups is 3. The summed E-state index contributed by atoms with van der Waals surface area (Å²) in [7, 11) is 0. The van der Waals surface area contributed by atoms with Crippen LogP contribution in [0.25, 0.3) is 0 Å². The smallest absolute Gasteiger partial charge is 0.410 e. The molecule has 2 fully saturated rings. The van der Waals surface area contributed by atoms with Crippen molar-refractivity contribution in [2.24, 2.45) is 0 Å². The number of rotatable bonds is 8. The number of morpholine rings is 1. The molecule has 10 nitrogen and oxygen atoms in total. The molecule has 4 rings (SSSR count). The van der Waals surface area contributed by atoms with Crippen LogP contribution in [0.4, 0.5) is 15.3 Å². The molecule has 2 aromatic rings. The molecule has 0 aliphatic carbocycles. The summed E-state index contributed by atoms with van der Waals surface area (Å²) in [5, 5.41) is 13.7. The Balaban J connectivity index is 1.34. The Morgan fingerprint density at radius 2 is 1.73 bits per heavy atom. The van der Waals surface area contributed by atoms with Crippen molar-refractivity contribution in [1.82, 2.24) is 14.7 Å². The molecule has 2 aliphatic heterocycles. The fourth-order valence-electron chi connectivity index (χ4n) is 5.02. The first-order valence-electron chi connectivity index (χ1n) is 14.3. The minimum atomic E-state index is -0.841. The van der Waals surface area contributed by atoms with Gasteiger partial charge < -0.3 is 34.6 Å². The number of hydrogen-bond donors (Lipinski definition) is 2. The average Bonchev–Trinajstić information content (AvgIpc) is 3.46. The van der Waals surface area contributed by atoms with Crippen LogP contribution < -0.4 is 5.32 Å². The van der Waals surface area contributed by atoms with E-state index in [1.54, 1.807) is 9.80 Å². The number of benzene rings is 2. The number of urea groups is 1. The lowest BCUT2D eigenvalue weighted by molar-refractivity contribution is -0.119. The third-order valence-corrected chi connectivity index (χ3v) is 7.20. The highest BCUT2D eigenvalue weighted by molar-refractivity contribution is 5.97. The average molecular weight is 567 g/mol. The van der Waals surface area contributed by atoms with Crippen LogP contribution in [0.2, 0.25) is 0 Å². The number of hydrogen-bond acceptors (Lipinski definition) is 6. The Bertz CT molecular complexity index is 1160. The lowest BCUT2D eigenvalue weighted by Gasteiger charge is -2.33. The van der Waals surface area contributed by atoms with E-state index in [9.17, 15) is 19.5 Å². The zero-order chi connectivity index (χ0) is 29.4. The summed E-state index contributed by atoms with van der Waals surface area (Å²) in [5.74, 6) is -0.192. The van der Waals surface area contributed by atoms with Crippen LogP contribution >= 0.6 is 0 Å². The molecule has 0 saturated carbocycles. The van der Waals surface area contributed by atoms with E-state index in [0.29, 0.717) is 57.9 Å².